The Kier molecular flexibility index (Phi) is 10.1. The molecule has 1 saturated heterocycles. The summed E-state index contributed by atoms with van der Waals surface area (Å²) in [5, 5.41) is 11.9. The molecule has 1 unspecified atom stereocenters. The van der Waals surface area contributed by atoms with Crippen LogP contribution < -0.4 is 14.0 Å². The van der Waals surface area contributed by atoms with Crippen LogP contribution >= 0.6 is 9.69 Å². The first kappa shape index (κ1) is 37.7. The standard InChI is InChI=1S/C21H26N2.C15H10.C14H12NO.ClH.Ru/c1-14-9-16(3)20(17(4)10-14)22-7-8-23(13-22)21-18(5)11-15(2)12-19(21)6;1-2-6-12(7-3-1)15-11-10-13-8-4-5-9-14(13)15;1-11-6-2-4-8-13(11)15-10-12-7-3-5-9-14(12)16;;/h9-12H,7-8H2,1-6H3;1-9,11H;2-6,8-10,16H,1H3;1H;/q;;;;+1/p-1. The predicted molar refractivity (Wildman–Crippen MR) is 237 cm³/mol. The van der Waals surface area contributed by atoms with Crippen LogP contribution in [0.1, 0.15) is 61.2 Å². The summed E-state index contributed by atoms with van der Waals surface area (Å²) >= 11 is -4.22. The van der Waals surface area contributed by atoms with Gasteiger partial charge in [-0.25, -0.2) is 0 Å². The van der Waals surface area contributed by atoms with E-state index >= 15 is 0 Å². The molecule has 0 spiro atoms. The molecule has 1 aliphatic heterocycles. The Balaban J connectivity index is 1.60. The summed E-state index contributed by atoms with van der Waals surface area (Å²) < 4.78 is 3.14. The summed E-state index contributed by atoms with van der Waals surface area (Å²) in [6.07, 6.45) is 4.19. The van der Waals surface area contributed by atoms with E-state index in [-0.39, 0.29) is 5.75 Å². The average Bonchev–Trinajstić information content (AvgIpc) is 3.77. The molecular weight excluding hydrogens is 795 g/mol. The number of hydrogen-bond acceptors (Lipinski definition) is 4. The van der Waals surface area contributed by atoms with Gasteiger partial charge in [0.05, 0.1) is 0 Å². The quantitative estimate of drug-likeness (QED) is 0.134. The van der Waals surface area contributed by atoms with Crippen molar-refractivity contribution in [2.75, 3.05) is 22.9 Å². The molecule has 1 fully saturated rings. The molecular formula is C50H48ClN3ORu. The zero-order valence-corrected chi connectivity index (χ0v) is 35.6. The summed E-state index contributed by atoms with van der Waals surface area (Å²) in [4.78, 5) is 10.1. The minimum atomic E-state index is -4.22. The number of fused-ring (bicyclic) bond motifs is 1. The fourth-order valence-corrected chi connectivity index (χ4v) is 17.4. The van der Waals surface area contributed by atoms with Crippen molar-refractivity contribution in [3.8, 4) is 5.75 Å². The first-order valence-electron chi connectivity index (χ1n) is 19.1. The summed E-state index contributed by atoms with van der Waals surface area (Å²) in [7, 11) is 9.00. The van der Waals surface area contributed by atoms with E-state index in [0.29, 0.717) is 5.56 Å². The number of hydrogen-bond donors (Lipinski definition) is 1. The Morgan fingerprint density at radius 2 is 1.14 bits per heavy atom. The van der Waals surface area contributed by atoms with Crippen LogP contribution in [0.25, 0.3) is 5.57 Å². The van der Waals surface area contributed by atoms with Crippen LogP contribution in [0.5, 0.6) is 5.75 Å². The first-order valence-corrected chi connectivity index (χ1v) is 24.0. The molecule has 8 rings (SSSR count). The third kappa shape index (κ3) is 6.51. The molecule has 0 radical (unpaired) electrons. The summed E-state index contributed by atoms with van der Waals surface area (Å²) in [5.41, 5.74) is 16.9. The molecule has 0 amide bonds. The monoisotopic (exact) mass is 843 g/mol. The molecule has 0 saturated carbocycles. The van der Waals surface area contributed by atoms with Crippen molar-refractivity contribution in [3.63, 3.8) is 0 Å². The minimum absolute atomic E-state index is 0.159. The maximum atomic E-state index is 11.9. The first-order chi connectivity index (χ1) is 27.0. The van der Waals surface area contributed by atoms with Gasteiger partial charge in [-0.2, -0.15) is 0 Å². The van der Waals surface area contributed by atoms with Gasteiger partial charge in [0.15, 0.2) is 0 Å². The second-order valence-corrected chi connectivity index (χ2v) is 22.3. The van der Waals surface area contributed by atoms with E-state index in [2.05, 4.69) is 155 Å². The Hall–Kier alpha value is -5.22. The summed E-state index contributed by atoms with van der Waals surface area (Å²) in [6, 6.07) is 42.4. The van der Waals surface area contributed by atoms with Crippen molar-refractivity contribution >= 4 is 51.2 Å². The second kappa shape index (κ2) is 15.0. The molecule has 6 heteroatoms. The number of para-hydroxylation sites is 1. The molecule has 1 aliphatic carbocycles. The Morgan fingerprint density at radius 3 is 1.73 bits per heavy atom. The van der Waals surface area contributed by atoms with Crippen LogP contribution in [0.15, 0.2) is 132 Å². The van der Waals surface area contributed by atoms with Gasteiger partial charge in [-0.3, -0.25) is 0 Å². The number of allylic oxidation sites excluding steroid dienone is 1. The molecule has 0 aromatic heterocycles. The fourth-order valence-electron chi connectivity index (χ4n) is 8.62. The van der Waals surface area contributed by atoms with Gasteiger partial charge in [-0.05, 0) is 0 Å². The van der Waals surface area contributed by atoms with Crippen molar-refractivity contribution in [2.45, 2.75) is 48.5 Å². The average molecular weight is 843 g/mol. The van der Waals surface area contributed by atoms with Gasteiger partial charge in [-0.15, -0.1) is 0 Å². The fraction of sp³-hybridized carbons (Fsp3) is 0.180. The zero-order chi connectivity index (χ0) is 39.3. The van der Waals surface area contributed by atoms with E-state index < -0.39 is 12.9 Å². The Labute approximate surface area is 338 Å². The number of phenols is 1. The van der Waals surface area contributed by atoms with Crippen molar-refractivity contribution in [1.82, 2.24) is 0 Å². The van der Waals surface area contributed by atoms with Crippen LogP contribution in [0.3, 0.4) is 0 Å². The SMILES string of the molecule is Cc1cc(C)c(N2CCN(c3c(C)cc(C)cc3C)[C]2=[Ru]([Cl])(=[C]2C=C(c3ccccc3)c3ccccc32)[c]2cccc(O)c2C=Nc2ccccc2C)c(C)c1. The van der Waals surface area contributed by atoms with E-state index in [9.17, 15) is 5.11 Å². The van der Waals surface area contributed by atoms with Crippen LogP contribution in [-0.2, 0) is 12.9 Å². The molecule has 56 heavy (non-hydrogen) atoms. The number of anilines is 2. The summed E-state index contributed by atoms with van der Waals surface area (Å²) in [6.45, 7) is 16.8. The number of halogens is 1. The topological polar surface area (TPSA) is 39.1 Å². The normalized spacial score (nSPS) is 15.7. The van der Waals surface area contributed by atoms with Crippen molar-refractivity contribution in [2.24, 2.45) is 4.99 Å². The molecule has 0 bridgehead atoms. The molecule has 6 aromatic rings. The number of aliphatic imine (C=N–C) groups is 1. The number of phenolic OH excluding ortho intramolecular Hbond substituents is 1. The van der Waals surface area contributed by atoms with Crippen molar-refractivity contribution in [3.05, 3.63) is 189 Å². The van der Waals surface area contributed by atoms with Crippen LogP contribution in [0, 0.1) is 48.5 Å². The van der Waals surface area contributed by atoms with Gasteiger partial charge < -0.3 is 0 Å². The van der Waals surface area contributed by atoms with Crippen LogP contribution in [-0.4, -0.2) is 32.9 Å². The zero-order valence-electron chi connectivity index (χ0n) is 33.1. The maximum absolute atomic E-state index is 11.9. The number of benzene rings is 6. The third-order valence-electron chi connectivity index (χ3n) is 10.8. The summed E-state index contributed by atoms with van der Waals surface area (Å²) in [5.74, 6) is 0.159. The van der Waals surface area contributed by atoms with Crippen molar-refractivity contribution < 1.29 is 18.0 Å². The van der Waals surface area contributed by atoms with Crippen LogP contribution in [0.2, 0.25) is 0 Å². The Morgan fingerprint density at radius 1 is 0.607 bits per heavy atom. The van der Waals surface area contributed by atoms with E-state index in [1.807, 2.05) is 30.5 Å². The number of aromatic hydroxyl groups is 1. The van der Waals surface area contributed by atoms with E-state index in [1.165, 1.54) is 44.8 Å². The van der Waals surface area contributed by atoms with Gasteiger partial charge in [0, 0.05) is 0 Å². The molecule has 1 heterocycles. The van der Waals surface area contributed by atoms with Gasteiger partial charge >= 0.3 is 340 Å². The number of rotatable bonds is 6. The van der Waals surface area contributed by atoms with Gasteiger partial charge in [0.2, 0.25) is 0 Å². The number of nitrogens with zero attached hydrogens (tertiary/aromatic N) is 3. The third-order valence-corrected chi connectivity index (χ3v) is 19.3. The second-order valence-electron chi connectivity index (χ2n) is 15.0. The molecule has 284 valence electrons. The predicted octanol–water partition coefficient (Wildman–Crippen LogP) is 11.0. The molecule has 1 atom stereocenters. The van der Waals surface area contributed by atoms with Gasteiger partial charge in [0.1, 0.15) is 0 Å². The molecule has 4 nitrogen and oxygen atoms in total. The number of aryl methyl sites for hydroxylation is 7. The van der Waals surface area contributed by atoms with Crippen molar-refractivity contribution in [1.29, 1.82) is 0 Å². The van der Waals surface area contributed by atoms with E-state index in [1.54, 1.807) is 6.07 Å². The molecule has 6 aromatic carbocycles. The van der Waals surface area contributed by atoms with E-state index in [4.69, 9.17) is 14.7 Å². The molecule has 2 aliphatic rings. The Bertz CT molecular complexity index is 2620. The van der Waals surface area contributed by atoms with Gasteiger partial charge in [-0.1, -0.05) is 0 Å². The van der Waals surface area contributed by atoms with Crippen LogP contribution in [0.4, 0.5) is 17.1 Å². The van der Waals surface area contributed by atoms with Gasteiger partial charge in [0.25, 0.3) is 0 Å². The molecule has 1 N–H and O–H groups in total. The van der Waals surface area contributed by atoms with E-state index in [0.717, 1.165) is 59.2 Å².